The molecule has 0 aliphatic rings. The summed E-state index contributed by atoms with van der Waals surface area (Å²) in [5.41, 5.74) is 0.849. The molecular formula is C13H17FN2O2. The molecule has 18 heavy (non-hydrogen) atoms. The fourth-order valence-corrected chi connectivity index (χ4v) is 1.29. The second-order valence-electron chi connectivity index (χ2n) is 3.63. The van der Waals surface area contributed by atoms with Gasteiger partial charge in [-0.1, -0.05) is 18.7 Å². The number of nitrogens with one attached hydrogen (secondary N) is 2. The van der Waals surface area contributed by atoms with Crippen LogP contribution in [-0.2, 0) is 11.3 Å². The Morgan fingerprint density at radius 1 is 1.33 bits per heavy atom. The van der Waals surface area contributed by atoms with Crippen LogP contribution in [0.15, 0.2) is 37.1 Å². The number of carbonyl (C=O) groups excluding carboxylic acids is 1. The fraction of sp³-hybridized carbons (Fsp3) is 0.308. The molecule has 2 N–H and O–H groups in total. The van der Waals surface area contributed by atoms with Gasteiger partial charge in [0.05, 0.1) is 12.9 Å². The Labute approximate surface area is 106 Å². The molecule has 0 atom stereocenters. The Hall–Kier alpha value is -2.04. The normalized spacial score (nSPS) is 9.61. The van der Waals surface area contributed by atoms with Gasteiger partial charge in [0.25, 0.3) is 0 Å². The van der Waals surface area contributed by atoms with Crippen LogP contribution < -0.4 is 10.6 Å². The molecule has 1 aromatic carbocycles. The average Bonchev–Trinajstić information content (AvgIpc) is 2.38. The zero-order chi connectivity index (χ0) is 13.2. The van der Waals surface area contributed by atoms with E-state index in [1.165, 1.54) is 18.4 Å². The largest absolute Gasteiger partial charge is 0.502 e. The van der Waals surface area contributed by atoms with Crippen LogP contribution in [0.4, 0.5) is 9.18 Å². The lowest BCUT2D eigenvalue weighted by molar-refractivity contribution is 0.231. The molecule has 2 amide bonds. The van der Waals surface area contributed by atoms with E-state index in [2.05, 4.69) is 17.2 Å². The van der Waals surface area contributed by atoms with Gasteiger partial charge < -0.3 is 15.4 Å². The number of benzene rings is 1. The summed E-state index contributed by atoms with van der Waals surface area (Å²) in [6, 6.07) is 5.74. The molecule has 0 bridgehead atoms. The van der Waals surface area contributed by atoms with Crippen molar-refractivity contribution in [3.63, 3.8) is 0 Å². The van der Waals surface area contributed by atoms with Gasteiger partial charge in [-0.2, -0.15) is 0 Å². The number of urea groups is 1. The molecule has 0 aliphatic carbocycles. The highest BCUT2D eigenvalue weighted by molar-refractivity contribution is 5.73. The molecule has 0 saturated carbocycles. The summed E-state index contributed by atoms with van der Waals surface area (Å²) in [4.78, 5) is 11.4. The van der Waals surface area contributed by atoms with Crippen molar-refractivity contribution in [3.8, 4) is 0 Å². The van der Waals surface area contributed by atoms with Crippen molar-refractivity contribution in [1.82, 2.24) is 10.6 Å². The number of hydrogen-bond acceptors (Lipinski definition) is 2. The lowest BCUT2D eigenvalue weighted by atomic mass is 10.2. The maximum absolute atomic E-state index is 12.6. The van der Waals surface area contributed by atoms with Crippen molar-refractivity contribution in [3.05, 3.63) is 48.5 Å². The van der Waals surface area contributed by atoms with Crippen LogP contribution in [-0.4, -0.2) is 19.2 Å². The van der Waals surface area contributed by atoms with E-state index in [9.17, 15) is 9.18 Å². The standard InChI is InChI=1S/C13H17FN2O2/c1-2-18-9-3-8-15-13(17)16-10-11-4-6-12(14)7-5-11/h2,4-7H,1,3,8-10H2,(H2,15,16,17). The van der Waals surface area contributed by atoms with Crippen LogP contribution in [0.3, 0.4) is 0 Å². The summed E-state index contributed by atoms with van der Waals surface area (Å²) in [7, 11) is 0. The van der Waals surface area contributed by atoms with Gasteiger partial charge >= 0.3 is 6.03 Å². The van der Waals surface area contributed by atoms with Crippen LogP contribution in [0.5, 0.6) is 0 Å². The van der Waals surface area contributed by atoms with Gasteiger partial charge in [0, 0.05) is 13.1 Å². The summed E-state index contributed by atoms with van der Waals surface area (Å²) in [5.74, 6) is -0.287. The fourth-order valence-electron chi connectivity index (χ4n) is 1.29. The van der Waals surface area contributed by atoms with E-state index >= 15 is 0 Å². The Balaban J connectivity index is 2.13. The first-order chi connectivity index (χ1) is 8.72. The summed E-state index contributed by atoms with van der Waals surface area (Å²) in [6.07, 6.45) is 2.09. The minimum absolute atomic E-state index is 0.252. The van der Waals surface area contributed by atoms with Crippen molar-refractivity contribution >= 4 is 6.03 Å². The third kappa shape index (κ3) is 5.89. The lowest BCUT2D eigenvalue weighted by Gasteiger charge is -2.07. The Kier molecular flexibility index (Phi) is 6.32. The molecule has 0 aromatic heterocycles. The SMILES string of the molecule is C=COCCCNC(=O)NCc1ccc(F)cc1. The third-order valence-electron chi connectivity index (χ3n) is 2.21. The molecule has 0 spiro atoms. The van der Waals surface area contributed by atoms with Gasteiger partial charge in [-0.25, -0.2) is 9.18 Å². The number of rotatable bonds is 7. The van der Waals surface area contributed by atoms with E-state index in [0.29, 0.717) is 19.7 Å². The van der Waals surface area contributed by atoms with Crippen molar-refractivity contribution in [2.24, 2.45) is 0 Å². The summed E-state index contributed by atoms with van der Waals surface area (Å²) in [5, 5.41) is 5.36. The molecule has 0 radical (unpaired) electrons. The summed E-state index contributed by atoms with van der Waals surface area (Å²) in [6.45, 7) is 4.84. The van der Waals surface area contributed by atoms with Crippen molar-refractivity contribution in [2.45, 2.75) is 13.0 Å². The highest BCUT2D eigenvalue weighted by Crippen LogP contribution is 2.01. The van der Waals surface area contributed by atoms with E-state index in [0.717, 1.165) is 12.0 Å². The zero-order valence-corrected chi connectivity index (χ0v) is 10.1. The third-order valence-corrected chi connectivity index (χ3v) is 2.21. The molecule has 4 nitrogen and oxygen atoms in total. The number of carbonyl (C=O) groups is 1. The topological polar surface area (TPSA) is 50.4 Å². The maximum atomic E-state index is 12.6. The molecule has 0 aliphatic heterocycles. The highest BCUT2D eigenvalue weighted by atomic mass is 19.1. The maximum Gasteiger partial charge on any atom is 0.315 e. The van der Waals surface area contributed by atoms with Crippen LogP contribution in [0.2, 0.25) is 0 Å². The van der Waals surface area contributed by atoms with Crippen LogP contribution >= 0.6 is 0 Å². The minimum atomic E-state index is -0.287. The number of ether oxygens (including phenoxy) is 1. The van der Waals surface area contributed by atoms with Crippen LogP contribution in [0.1, 0.15) is 12.0 Å². The average molecular weight is 252 g/mol. The lowest BCUT2D eigenvalue weighted by Crippen LogP contribution is -2.35. The first-order valence-electron chi connectivity index (χ1n) is 5.71. The second kappa shape index (κ2) is 8.11. The molecule has 98 valence electrons. The molecular weight excluding hydrogens is 235 g/mol. The molecule has 0 unspecified atom stereocenters. The molecule has 5 heteroatoms. The molecule has 0 fully saturated rings. The van der Waals surface area contributed by atoms with Crippen LogP contribution in [0.25, 0.3) is 0 Å². The van der Waals surface area contributed by atoms with Gasteiger partial charge in [0.1, 0.15) is 5.82 Å². The van der Waals surface area contributed by atoms with Crippen molar-refractivity contribution in [1.29, 1.82) is 0 Å². The number of hydrogen-bond donors (Lipinski definition) is 2. The van der Waals surface area contributed by atoms with E-state index in [4.69, 9.17) is 4.74 Å². The second-order valence-corrected chi connectivity index (χ2v) is 3.63. The predicted octanol–water partition coefficient (Wildman–Crippen LogP) is 2.18. The molecule has 1 aromatic rings. The molecule has 1 rings (SSSR count). The zero-order valence-electron chi connectivity index (χ0n) is 10.1. The van der Waals surface area contributed by atoms with Gasteiger partial charge in [-0.05, 0) is 24.1 Å². The van der Waals surface area contributed by atoms with E-state index < -0.39 is 0 Å². The Morgan fingerprint density at radius 2 is 2.06 bits per heavy atom. The van der Waals surface area contributed by atoms with Crippen LogP contribution in [0, 0.1) is 5.82 Å². The van der Waals surface area contributed by atoms with Crippen molar-refractivity contribution < 1.29 is 13.9 Å². The van der Waals surface area contributed by atoms with Gasteiger partial charge in [0.15, 0.2) is 0 Å². The van der Waals surface area contributed by atoms with Gasteiger partial charge in [-0.3, -0.25) is 0 Å². The van der Waals surface area contributed by atoms with E-state index in [1.807, 2.05) is 0 Å². The number of halogens is 1. The predicted molar refractivity (Wildman–Crippen MR) is 67.4 cm³/mol. The molecule has 0 heterocycles. The first-order valence-corrected chi connectivity index (χ1v) is 5.71. The monoisotopic (exact) mass is 252 g/mol. The smallest absolute Gasteiger partial charge is 0.315 e. The quantitative estimate of drug-likeness (QED) is 0.577. The first kappa shape index (κ1) is 14.0. The van der Waals surface area contributed by atoms with Gasteiger partial charge in [0.2, 0.25) is 0 Å². The Bertz CT molecular complexity index is 379. The minimum Gasteiger partial charge on any atom is -0.502 e. The van der Waals surface area contributed by atoms with E-state index in [-0.39, 0.29) is 11.8 Å². The van der Waals surface area contributed by atoms with E-state index in [1.54, 1.807) is 12.1 Å². The Morgan fingerprint density at radius 3 is 2.72 bits per heavy atom. The summed E-state index contributed by atoms with van der Waals surface area (Å²) < 4.78 is 17.5. The number of amides is 2. The molecule has 0 saturated heterocycles. The highest BCUT2D eigenvalue weighted by Gasteiger charge is 1.99. The summed E-state index contributed by atoms with van der Waals surface area (Å²) >= 11 is 0. The van der Waals surface area contributed by atoms with Crippen molar-refractivity contribution in [2.75, 3.05) is 13.2 Å². The van der Waals surface area contributed by atoms with Gasteiger partial charge in [-0.15, -0.1) is 0 Å².